The summed E-state index contributed by atoms with van der Waals surface area (Å²) >= 11 is 1.19. The molecule has 3 rings (SSSR count). The molecular weight excluding hydrogens is 354 g/mol. The minimum atomic E-state index is -1.06. The first-order valence-electron chi connectivity index (χ1n) is 8.86. The molecule has 1 N–H and O–H groups in total. The van der Waals surface area contributed by atoms with Crippen molar-refractivity contribution < 1.29 is 14.7 Å². The quantitative estimate of drug-likeness (QED) is 0.883. The average Bonchev–Trinajstić information content (AvgIpc) is 2.75. The van der Waals surface area contributed by atoms with Crippen molar-refractivity contribution in [1.29, 1.82) is 0 Å². The molecule has 7 nitrogen and oxygen atoms in total. The molecule has 2 aromatic heterocycles. The van der Waals surface area contributed by atoms with Gasteiger partial charge >= 0.3 is 5.97 Å². The molecule has 0 aromatic carbocycles. The number of rotatable bonds is 4. The van der Waals surface area contributed by atoms with E-state index in [0.717, 1.165) is 31.5 Å². The lowest BCUT2D eigenvalue weighted by Crippen LogP contribution is -2.40. The topological polar surface area (TPSA) is 92.5 Å². The van der Waals surface area contributed by atoms with Gasteiger partial charge in [0.25, 0.3) is 11.5 Å². The number of hydrogen-bond acceptors (Lipinski definition) is 5. The number of aliphatic carboxylic acids is 1. The molecule has 3 heterocycles. The molecule has 0 fully saturated rings. The van der Waals surface area contributed by atoms with Crippen molar-refractivity contribution in [3.8, 4) is 0 Å². The fraction of sp³-hybridized carbons (Fsp3) is 0.556. The zero-order valence-corrected chi connectivity index (χ0v) is 16.1. The van der Waals surface area contributed by atoms with E-state index in [0.29, 0.717) is 27.2 Å². The molecule has 0 radical (unpaired) electrons. The first-order chi connectivity index (χ1) is 12.3. The van der Waals surface area contributed by atoms with E-state index >= 15 is 0 Å². The zero-order chi connectivity index (χ0) is 19.0. The Balaban J connectivity index is 2.12. The van der Waals surface area contributed by atoms with Crippen LogP contribution in [0.25, 0.3) is 10.2 Å². The number of thiophene rings is 1. The van der Waals surface area contributed by atoms with Gasteiger partial charge in [-0.15, -0.1) is 11.3 Å². The highest BCUT2D eigenvalue weighted by Gasteiger charge is 2.27. The maximum absolute atomic E-state index is 13.0. The van der Waals surface area contributed by atoms with Gasteiger partial charge in [-0.25, -0.2) is 4.98 Å². The predicted molar refractivity (Wildman–Crippen MR) is 100.0 cm³/mol. The van der Waals surface area contributed by atoms with Crippen LogP contribution in [0.2, 0.25) is 0 Å². The van der Waals surface area contributed by atoms with E-state index in [4.69, 9.17) is 5.11 Å². The van der Waals surface area contributed by atoms with Crippen LogP contribution < -0.4 is 5.56 Å². The van der Waals surface area contributed by atoms with E-state index in [-0.39, 0.29) is 24.1 Å². The van der Waals surface area contributed by atoms with Gasteiger partial charge in [-0.2, -0.15) is 0 Å². The van der Waals surface area contributed by atoms with Crippen LogP contribution in [0.15, 0.2) is 4.79 Å². The van der Waals surface area contributed by atoms with Crippen molar-refractivity contribution in [1.82, 2.24) is 14.5 Å². The number of carboxylic acid groups (broad SMARTS) is 1. The number of carbonyl (C=O) groups is 2. The molecule has 0 aliphatic carbocycles. The van der Waals surface area contributed by atoms with Crippen LogP contribution in [0.5, 0.6) is 0 Å². The number of amides is 1. The van der Waals surface area contributed by atoms with Crippen LogP contribution in [-0.2, 0) is 17.8 Å². The van der Waals surface area contributed by atoms with Crippen molar-refractivity contribution in [2.75, 3.05) is 6.54 Å². The molecule has 8 heteroatoms. The predicted octanol–water partition coefficient (Wildman–Crippen LogP) is 2.43. The fourth-order valence-electron chi connectivity index (χ4n) is 3.38. The van der Waals surface area contributed by atoms with Crippen LogP contribution in [0.1, 0.15) is 54.2 Å². The van der Waals surface area contributed by atoms with Gasteiger partial charge in [0.2, 0.25) is 0 Å². The highest BCUT2D eigenvalue weighted by molar-refractivity contribution is 7.20. The van der Waals surface area contributed by atoms with E-state index in [2.05, 4.69) is 4.98 Å². The van der Waals surface area contributed by atoms with Crippen molar-refractivity contribution in [3.63, 3.8) is 0 Å². The molecule has 1 amide bonds. The average molecular weight is 377 g/mol. The van der Waals surface area contributed by atoms with Crippen molar-refractivity contribution >= 4 is 33.4 Å². The highest BCUT2D eigenvalue weighted by atomic mass is 32.1. The van der Waals surface area contributed by atoms with Crippen molar-refractivity contribution in [2.45, 2.75) is 59.0 Å². The summed E-state index contributed by atoms with van der Waals surface area (Å²) in [7, 11) is 0. The lowest BCUT2D eigenvalue weighted by Gasteiger charge is -2.24. The Hall–Kier alpha value is -2.22. The van der Waals surface area contributed by atoms with Gasteiger partial charge in [-0.3, -0.25) is 19.0 Å². The first-order valence-corrected chi connectivity index (χ1v) is 9.68. The smallest absolute Gasteiger partial charge is 0.323 e. The lowest BCUT2D eigenvalue weighted by atomic mass is 10.1. The summed E-state index contributed by atoms with van der Waals surface area (Å²) in [5.41, 5.74) is 0.511. The Morgan fingerprint density at radius 1 is 1.31 bits per heavy atom. The number of carboxylic acids is 1. The van der Waals surface area contributed by atoms with Gasteiger partial charge in [-0.1, -0.05) is 6.42 Å². The van der Waals surface area contributed by atoms with Crippen LogP contribution >= 0.6 is 11.3 Å². The summed E-state index contributed by atoms with van der Waals surface area (Å²) < 4.78 is 1.74. The summed E-state index contributed by atoms with van der Waals surface area (Å²) in [6.45, 7) is 5.59. The summed E-state index contributed by atoms with van der Waals surface area (Å²) in [6, 6.07) is -0.256. The molecule has 0 saturated heterocycles. The van der Waals surface area contributed by atoms with Crippen LogP contribution in [0.4, 0.5) is 0 Å². The second-order valence-electron chi connectivity index (χ2n) is 6.95. The molecule has 0 saturated carbocycles. The summed E-state index contributed by atoms with van der Waals surface area (Å²) in [5, 5.41) is 9.58. The molecule has 140 valence electrons. The third kappa shape index (κ3) is 3.25. The first kappa shape index (κ1) is 18.6. The maximum Gasteiger partial charge on any atom is 0.323 e. The summed E-state index contributed by atoms with van der Waals surface area (Å²) in [5.74, 6) is -0.635. The van der Waals surface area contributed by atoms with Crippen LogP contribution in [0.3, 0.4) is 0 Å². The Morgan fingerprint density at radius 3 is 2.69 bits per heavy atom. The van der Waals surface area contributed by atoms with E-state index in [1.165, 1.54) is 16.2 Å². The molecule has 0 spiro atoms. The van der Waals surface area contributed by atoms with Gasteiger partial charge < -0.3 is 10.0 Å². The molecular formula is C18H23N3O4S. The Kier molecular flexibility index (Phi) is 5.13. The fourth-order valence-corrected chi connectivity index (χ4v) is 4.53. The number of fused-ring (bicyclic) bond motifs is 2. The molecule has 0 unspecified atom stereocenters. The molecule has 1 aliphatic heterocycles. The second kappa shape index (κ2) is 7.19. The maximum atomic E-state index is 13.0. The third-order valence-corrected chi connectivity index (χ3v) is 5.97. The Morgan fingerprint density at radius 2 is 2.04 bits per heavy atom. The van der Waals surface area contributed by atoms with Gasteiger partial charge in [0.15, 0.2) is 0 Å². The highest BCUT2D eigenvalue weighted by Crippen LogP contribution is 2.29. The molecule has 0 atom stereocenters. The number of aromatic nitrogens is 2. The third-order valence-electron chi connectivity index (χ3n) is 4.80. The lowest BCUT2D eigenvalue weighted by molar-refractivity contribution is -0.138. The Bertz CT molecular complexity index is 929. The van der Waals surface area contributed by atoms with Crippen molar-refractivity contribution in [3.05, 3.63) is 26.6 Å². The van der Waals surface area contributed by atoms with E-state index < -0.39 is 5.97 Å². The minimum Gasteiger partial charge on any atom is -0.480 e. The second-order valence-corrected chi connectivity index (χ2v) is 7.95. The summed E-state index contributed by atoms with van der Waals surface area (Å²) in [6.07, 6.45) is 3.81. The molecule has 2 aromatic rings. The van der Waals surface area contributed by atoms with E-state index in [1.807, 2.05) is 0 Å². The standard InChI is InChI=1S/C18H23N3O4S/c1-10(2)21(9-13(22)23)18(25)15-11(3)14-16(26-15)19-12-7-5-4-6-8-20(12)17(14)24/h10H,4-9H2,1-3H3,(H,22,23). The monoisotopic (exact) mass is 377 g/mol. The van der Waals surface area contributed by atoms with Gasteiger partial charge in [-0.05, 0) is 39.2 Å². The minimum absolute atomic E-state index is 0.0889. The normalized spacial score (nSPS) is 14.3. The summed E-state index contributed by atoms with van der Waals surface area (Å²) in [4.78, 5) is 44.0. The Labute approximate surface area is 155 Å². The van der Waals surface area contributed by atoms with Gasteiger partial charge in [0.05, 0.1) is 10.3 Å². The zero-order valence-electron chi connectivity index (χ0n) is 15.2. The van der Waals surface area contributed by atoms with Gasteiger partial charge in [0.1, 0.15) is 17.2 Å². The molecule has 0 bridgehead atoms. The SMILES string of the molecule is Cc1c(C(=O)N(CC(=O)O)C(C)C)sc2nc3n(c(=O)c12)CCCCC3. The number of aryl methyl sites for hydroxylation is 2. The van der Waals surface area contributed by atoms with Gasteiger partial charge in [0, 0.05) is 19.0 Å². The number of carbonyl (C=O) groups excluding carboxylic acids is 1. The van der Waals surface area contributed by atoms with Crippen LogP contribution in [-0.4, -0.2) is 44.0 Å². The molecule has 1 aliphatic rings. The number of hydrogen-bond donors (Lipinski definition) is 1. The van der Waals surface area contributed by atoms with E-state index in [1.54, 1.807) is 25.3 Å². The number of nitrogens with zero attached hydrogens (tertiary/aromatic N) is 3. The van der Waals surface area contributed by atoms with Crippen LogP contribution in [0, 0.1) is 6.92 Å². The van der Waals surface area contributed by atoms with E-state index in [9.17, 15) is 14.4 Å². The van der Waals surface area contributed by atoms with Crippen molar-refractivity contribution in [2.24, 2.45) is 0 Å². The largest absolute Gasteiger partial charge is 0.480 e. The molecule has 26 heavy (non-hydrogen) atoms.